The Hall–Kier alpha value is -1.93. The van der Waals surface area contributed by atoms with Crippen LogP contribution in [0, 0.1) is 0 Å². The van der Waals surface area contributed by atoms with Crippen LogP contribution in [0.25, 0.3) is 0 Å². The predicted molar refractivity (Wildman–Crippen MR) is 54.6 cm³/mol. The highest BCUT2D eigenvalue weighted by Crippen LogP contribution is 2.34. The third-order valence-corrected chi connectivity index (χ3v) is 2.08. The van der Waals surface area contributed by atoms with Gasteiger partial charge in [-0.3, -0.25) is 0 Å². The topological polar surface area (TPSA) is 65.2 Å². The minimum Gasteiger partial charge on any atom is -0.461 e. The van der Waals surface area contributed by atoms with Crippen LogP contribution >= 0.6 is 0 Å². The van der Waals surface area contributed by atoms with Crippen molar-refractivity contribution >= 4 is 11.7 Å². The normalized spacial score (nSPS) is 11.7. The maximum atomic E-state index is 12.6. The highest BCUT2D eigenvalue weighted by atomic mass is 19.4. The molecule has 1 aromatic rings. The first-order chi connectivity index (χ1) is 8.68. The minimum atomic E-state index is -4.97. The van der Waals surface area contributed by atoms with Gasteiger partial charge in [0.25, 0.3) is 6.43 Å². The number of alkyl halides is 5. The summed E-state index contributed by atoms with van der Waals surface area (Å²) >= 11 is 0. The molecule has 0 aliphatic heterocycles. The number of hydrogen-bond donors (Lipinski definition) is 1. The largest absolute Gasteiger partial charge is 0.461 e. The summed E-state index contributed by atoms with van der Waals surface area (Å²) in [5, 5.41) is 0. The van der Waals surface area contributed by atoms with E-state index in [2.05, 4.69) is 9.72 Å². The molecule has 0 spiro atoms. The Morgan fingerprint density at radius 1 is 1.47 bits per heavy atom. The van der Waals surface area contributed by atoms with Gasteiger partial charge in [0.05, 0.1) is 12.3 Å². The van der Waals surface area contributed by atoms with Crippen LogP contribution in [0.15, 0.2) is 6.07 Å². The number of ether oxygens (including phenoxy) is 1. The van der Waals surface area contributed by atoms with Gasteiger partial charge in [0.2, 0.25) is 0 Å². The summed E-state index contributed by atoms with van der Waals surface area (Å²) in [5.41, 5.74) is 0.702. The maximum absolute atomic E-state index is 12.6. The minimum absolute atomic E-state index is 0.114. The van der Waals surface area contributed by atoms with Crippen molar-refractivity contribution in [3.8, 4) is 0 Å². The molecule has 0 saturated heterocycles. The van der Waals surface area contributed by atoms with E-state index in [1.165, 1.54) is 6.92 Å². The number of carbonyl (C=O) groups excluding carboxylic acids is 1. The number of anilines is 1. The molecule has 1 rings (SSSR count). The lowest BCUT2D eigenvalue weighted by Gasteiger charge is -2.13. The Morgan fingerprint density at radius 3 is 2.47 bits per heavy atom. The molecule has 0 bridgehead atoms. The van der Waals surface area contributed by atoms with Crippen LogP contribution < -0.4 is 5.73 Å². The number of nitrogen functional groups attached to an aromatic ring is 1. The standard InChI is InChI=1S/C10H9F5N2O2/c1-2-19-9(18)7-6(16)4(8(11)12)3-5(17-7)10(13,14)15/h3,8H,2,16H2,1H3. The van der Waals surface area contributed by atoms with Crippen molar-refractivity contribution in [1.29, 1.82) is 0 Å². The van der Waals surface area contributed by atoms with Gasteiger partial charge in [0, 0.05) is 5.56 Å². The lowest BCUT2D eigenvalue weighted by Crippen LogP contribution is -2.18. The van der Waals surface area contributed by atoms with E-state index in [0.717, 1.165) is 0 Å². The van der Waals surface area contributed by atoms with Gasteiger partial charge in [0.1, 0.15) is 5.69 Å². The second kappa shape index (κ2) is 5.37. The molecule has 9 heteroatoms. The fourth-order valence-electron chi connectivity index (χ4n) is 1.26. The van der Waals surface area contributed by atoms with Gasteiger partial charge in [-0.25, -0.2) is 18.6 Å². The zero-order chi connectivity index (χ0) is 14.8. The number of nitrogens with zero attached hydrogens (tertiary/aromatic N) is 1. The van der Waals surface area contributed by atoms with E-state index in [4.69, 9.17) is 5.73 Å². The number of esters is 1. The first kappa shape index (κ1) is 15.1. The van der Waals surface area contributed by atoms with E-state index >= 15 is 0 Å². The second-order valence-electron chi connectivity index (χ2n) is 3.38. The van der Waals surface area contributed by atoms with Crippen molar-refractivity contribution in [3.63, 3.8) is 0 Å². The number of carbonyl (C=O) groups is 1. The van der Waals surface area contributed by atoms with Crippen LogP contribution in [0.4, 0.5) is 27.6 Å². The number of pyridine rings is 1. The molecular formula is C10H9F5N2O2. The Morgan fingerprint density at radius 2 is 2.05 bits per heavy atom. The van der Waals surface area contributed by atoms with Crippen molar-refractivity contribution in [3.05, 3.63) is 23.0 Å². The third-order valence-electron chi connectivity index (χ3n) is 2.08. The molecule has 0 aliphatic rings. The Balaban J connectivity index is 3.45. The van der Waals surface area contributed by atoms with E-state index in [-0.39, 0.29) is 12.7 Å². The molecule has 0 saturated carbocycles. The van der Waals surface area contributed by atoms with Gasteiger partial charge in [-0.1, -0.05) is 0 Å². The first-order valence-corrected chi connectivity index (χ1v) is 5.01. The summed E-state index contributed by atoms with van der Waals surface area (Å²) < 4.78 is 67.1. The summed E-state index contributed by atoms with van der Waals surface area (Å²) in [5.74, 6) is -1.28. The van der Waals surface area contributed by atoms with Crippen LogP contribution in [0.1, 0.15) is 35.1 Å². The molecule has 0 fully saturated rings. The zero-order valence-electron chi connectivity index (χ0n) is 9.59. The van der Waals surface area contributed by atoms with Crippen molar-refractivity contribution in [2.75, 3.05) is 12.3 Å². The van der Waals surface area contributed by atoms with Crippen molar-refractivity contribution in [2.45, 2.75) is 19.5 Å². The van der Waals surface area contributed by atoms with Crippen LogP contribution in [-0.4, -0.2) is 17.6 Å². The molecule has 4 nitrogen and oxygen atoms in total. The van der Waals surface area contributed by atoms with Gasteiger partial charge in [-0.15, -0.1) is 0 Å². The van der Waals surface area contributed by atoms with E-state index in [9.17, 15) is 26.7 Å². The highest BCUT2D eigenvalue weighted by Gasteiger charge is 2.36. The number of rotatable bonds is 3. The molecule has 0 amide bonds. The van der Waals surface area contributed by atoms with E-state index in [0.29, 0.717) is 0 Å². The number of halogens is 5. The quantitative estimate of drug-likeness (QED) is 0.684. The molecular weight excluding hydrogens is 275 g/mol. The number of hydrogen-bond acceptors (Lipinski definition) is 4. The van der Waals surface area contributed by atoms with Crippen LogP contribution in [0.3, 0.4) is 0 Å². The van der Waals surface area contributed by atoms with Gasteiger partial charge in [0.15, 0.2) is 5.69 Å². The average Bonchev–Trinajstić information content (AvgIpc) is 2.27. The molecule has 0 atom stereocenters. The van der Waals surface area contributed by atoms with Gasteiger partial charge < -0.3 is 10.5 Å². The van der Waals surface area contributed by atoms with E-state index in [1.807, 2.05) is 0 Å². The molecule has 2 N–H and O–H groups in total. The smallest absolute Gasteiger partial charge is 0.433 e. The number of nitrogens with two attached hydrogens (primary N) is 1. The second-order valence-corrected chi connectivity index (χ2v) is 3.38. The Kier molecular flexibility index (Phi) is 4.28. The molecule has 106 valence electrons. The molecule has 19 heavy (non-hydrogen) atoms. The third kappa shape index (κ3) is 3.30. The van der Waals surface area contributed by atoms with Gasteiger partial charge >= 0.3 is 12.1 Å². The van der Waals surface area contributed by atoms with Gasteiger partial charge in [-0.05, 0) is 13.0 Å². The molecule has 0 radical (unpaired) electrons. The summed E-state index contributed by atoms with van der Waals surface area (Å²) in [7, 11) is 0. The summed E-state index contributed by atoms with van der Waals surface area (Å²) in [6.45, 7) is 1.25. The molecule has 0 aliphatic carbocycles. The maximum Gasteiger partial charge on any atom is 0.433 e. The van der Waals surface area contributed by atoms with Crippen LogP contribution in [-0.2, 0) is 10.9 Å². The Labute approximate surface area is 104 Å². The fraction of sp³-hybridized carbons (Fsp3) is 0.400. The van der Waals surface area contributed by atoms with E-state index < -0.39 is 41.2 Å². The summed E-state index contributed by atoms with van der Waals surface area (Å²) in [4.78, 5) is 14.3. The van der Waals surface area contributed by atoms with Crippen molar-refractivity contribution < 1.29 is 31.5 Å². The lowest BCUT2D eigenvalue weighted by atomic mass is 10.1. The first-order valence-electron chi connectivity index (χ1n) is 5.01. The van der Waals surface area contributed by atoms with E-state index in [1.54, 1.807) is 0 Å². The molecule has 0 aromatic carbocycles. The van der Waals surface area contributed by atoms with Crippen LogP contribution in [0.2, 0.25) is 0 Å². The van der Waals surface area contributed by atoms with Crippen LogP contribution in [0.5, 0.6) is 0 Å². The summed E-state index contributed by atoms with van der Waals surface area (Å²) in [6, 6.07) is 0.114. The summed E-state index contributed by atoms with van der Waals surface area (Å²) in [6.07, 6.45) is -8.24. The van der Waals surface area contributed by atoms with Crippen molar-refractivity contribution in [1.82, 2.24) is 4.98 Å². The molecule has 0 unspecified atom stereocenters. The fourth-order valence-corrected chi connectivity index (χ4v) is 1.26. The SMILES string of the molecule is CCOC(=O)c1nc(C(F)(F)F)cc(C(F)F)c1N. The highest BCUT2D eigenvalue weighted by molar-refractivity contribution is 5.93. The lowest BCUT2D eigenvalue weighted by molar-refractivity contribution is -0.141. The molecule has 1 aromatic heterocycles. The number of aromatic nitrogens is 1. The Bertz CT molecular complexity index is 488. The van der Waals surface area contributed by atoms with Gasteiger partial charge in [-0.2, -0.15) is 13.2 Å². The molecule has 1 heterocycles. The average molecular weight is 284 g/mol. The zero-order valence-corrected chi connectivity index (χ0v) is 9.59. The predicted octanol–water partition coefficient (Wildman–Crippen LogP) is 2.80. The van der Waals surface area contributed by atoms with Crippen molar-refractivity contribution in [2.24, 2.45) is 0 Å². The monoisotopic (exact) mass is 284 g/mol.